The van der Waals surface area contributed by atoms with Gasteiger partial charge in [0.15, 0.2) is 0 Å². The van der Waals surface area contributed by atoms with Crippen LogP contribution in [-0.4, -0.2) is 44.7 Å². The van der Waals surface area contributed by atoms with E-state index in [0.717, 1.165) is 17.3 Å². The fourth-order valence-corrected chi connectivity index (χ4v) is 3.64. The van der Waals surface area contributed by atoms with Gasteiger partial charge in [0.25, 0.3) is 5.91 Å². The van der Waals surface area contributed by atoms with Gasteiger partial charge in [0, 0.05) is 0 Å². The molecule has 1 aliphatic rings. The third kappa shape index (κ3) is 4.92. The fraction of sp³-hybridized carbons (Fsp3) is 0.333. The monoisotopic (exact) mass is 392 g/mol. The summed E-state index contributed by atoms with van der Waals surface area (Å²) in [5.74, 6) is -2.22. The summed E-state index contributed by atoms with van der Waals surface area (Å²) in [5.41, 5.74) is 0.861. The second-order valence-corrected chi connectivity index (χ2v) is 7.62. The summed E-state index contributed by atoms with van der Waals surface area (Å²) in [6.07, 6.45) is 2.33. The van der Waals surface area contributed by atoms with E-state index in [4.69, 9.17) is 12.2 Å². The van der Waals surface area contributed by atoms with Gasteiger partial charge in [0.05, 0.1) is 4.91 Å². The third-order valence-corrected chi connectivity index (χ3v) is 5.45. The molecule has 26 heavy (non-hydrogen) atoms. The summed E-state index contributed by atoms with van der Waals surface area (Å²) in [6, 6.07) is 8.34. The maximum atomic E-state index is 12.5. The highest BCUT2D eigenvalue weighted by Gasteiger charge is 2.34. The summed E-state index contributed by atoms with van der Waals surface area (Å²) in [7, 11) is 0. The average molecular weight is 393 g/mol. The molecule has 0 aromatic heterocycles. The summed E-state index contributed by atoms with van der Waals surface area (Å²) < 4.78 is 0.280. The molecule has 2 atom stereocenters. The van der Waals surface area contributed by atoms with Crippen molar-refractivity contribution >= 4 is 52.2 Å². The van der Waals surface area contributed by atoms with Crippen molar-refractivity contribution in [2.24, 2.45) is 5.92 Å². The number of carboxylic acids is 1. The minimum Gasteiger partial charge on any atom is -0.480 e. The van der Waals surface area contributed by atoms with E-state index in [-0.39, 0.29) is 22.7 Å². The lowest BCUT2D eigenvalue weighted by Gasteiger charge is -2.21. The van der Waals surface area contributed by atoms with Crippen LogP contribution < -0.4 is 5.32 Å². The van der Waals surface area contributed by atoms with E-state index in [9.17, 15) is 19.5 Å². The number of thioether (sulfide) groups is 1. The van der Waals surface area contributed by atoms with Gasteiger partial charge in [-0.05, 0) is 17.6 Å². The van der Waals surface area contributed by atoms with Gasteiger partial charge < -0.3 is 10.4 Å². The molecule has 0 radical (unpaired) electrons. The number of hydrogen-bond acceptors (Lipinski definition) is 5. The molecule has 1 heterocycles. The van der Waals surface area contributed by atoms with Gasteiger partial charge >= 0.3 is 5.97 Å². The molecule has 0 aliphatic carbocycles. The Morgan fingerprint density at radius 1 is 1.35 bits per heavy atom. The quantitative estimate of drug-likeness (QED) is 0.548. The van der Waals surface area contributed by atoms with Crippen molar-refractivity contribution in [3.63, 3.8) is 0 Å². The Labute approximate surface area is 161 Å². The highest BCUT2D eigenvalue weighted by Crippen LogP contribution is 2.32. The van der Waals surface area contributed by atoms with Crippen molar-refractivity contribution in [1.29, 1.82) is 0 Å². The van der Waals surface area contributed by atoms with Crippen molar-refractivity contribution in [3.05, 3.63) is 40.8 Å². The van der Waals surface area contributed by atoms with Crippen LogP contribution in [0.2, 0.25) is 0 Å². The van der Waals surface area contributed by atoms with Crippen LogP contribution in [0.5, 0.6) is 0 Å². The minimum atomic E-state index is -1.10. The van der Waals surface area contributed by atoms with Crippen molar-refractivity contribution in [1.82, 2.24) is 10.2 Å². The second kappa shape index (κ2) is 8.95. The number of thiocarbonyl (C=S) groups is 1. The molecule has 2 amide bonds. The zero-order valence-corrected chi connectivity index (χ0v) is 16.1. The van der Waals surface area contributed by atoms with E-state index >= 15 is 0 Å². The van der Waals surface area contributed by atoms with Crippen molar-refractivity contribution in [3.8, 4) is 0 Å². The Hall–Kier alpha value is -2.19. The molecule has 0 spiro atoms. The zero-order chi connectivity index (χ0) is 19.3. The Kier molecular flexibility index (Phi) is 6.93. The van der Waals surface area contributed by atoms with E-state index in [1.54, 1.807) is 13.0 Å². The predicted molar refractivity (Wildman–Crippen MR) is 105 cm³/mol. The second-order valence-electron chi connectivity index (χ2n) is 5.95. The molecule has 2 N–H and O–H groups in total. The smallest absolute Gasteiger partial charge is 0.326 e. The highest BCUT2D eigenvalue weighted by molar-refractivity contribution is 8.26. The molecule has 1 aliphatic heterocycles. The van der Waals surface area contributed by atoms with Crippen molar-refractivity contribution in [2.75, 3.05) is 6.54 Å². The maximum Gasteiger partial charge on any atom is 0.326 e. The number of amides is 2. The molecule has 0 saturated carbocycles. The number of carbonyl (C=O) groups is 3. The van der Waals surface area contributed by atoms with Crippen LogP contribution in [0.15, 0.2) is 35.2 Å². The fourth-order valence-electron chi connectivity index (χ4n) is 2.38. The summed E-state index contributed by atoms with van der Waals surface area (Å²) in [5, 5.41) is 11.7. The molecule has 2 unspecified atom stereocenters. The molecular weight excluding hydrogens is 372 g/mol. The lowest BCUT2D eigenvalue weighted by molar-refractivity contribution is -0.143. The molecule has 6 nitrogen and oxygen atoms in total. The predicted octanol–water partition coefficient (Wildman–Crippen LogP) is 2.50. The van der Waals surface area contributed by atoms with Crippen LogP contribution in [0.25, 0.3) is 6.08 Å². The van der Waals surface area contributed by atoms with E-state index in [2.05, 4.69) is 5.32 Å². The topological polar surface area (TPSA) is 86.7 Å². The van der Waals surface area contributed by atoms with E-state index in [0.29, 0.717) is 11.3 Å². The van der Waals surface area contributed by atoms with Crippen LogP contribution in [0.1, 0.15) is 25.8 Å². The molecule has 1 aromatic carbocycles. The van der Waals surface area contributed by atoms with Crippen molar-refractivity contribution < 1.29 is 19.5 Å². The van der Waals surface area contributed by atoms with Gasteiger partial charge in [0.2, 0.25) is 5.91 Å². The molecule has 1 fully saturated rings. The molecule has 0 bridgehead atoms. The zero-order valence-electron chi connectivity index (χ0n) is 14.5. The number of carbonyl (C=O) groups excluding carboxylic acids is 2. The number of rotatable bonds is 7. The van der Waals surface area contributed by atoms with Gasteiger partial charge in [-0.2, -0.15) is 0 Å². The van der Waals surface area contributed by atoms with E-state index < -0.39 is 17.9 Å². The van der Waals surface area contributed by atoms with Crippen LogP contribution in [0, 0.1) is 5.92 Å². The van der Waals surface area contributed by atoms with E-state index in [1.807, 2.05) is 37.3 Å². The Bertz CT molecular complexity index is 749. The summed E-state index contributed by atoms with van der Waals surface area (Å²) in [4.78, 5) is 37.7. The highest BCUT2D eigenvalue weighted by atomic mass is 32.2. The van der Waals surface area contributed by atoms with Gasteiger partial charge in [-0.3, -0.25) is 14.5 Å². The first-order valence-electron chi connectivity index (χ1n) is 8.16. The van der Waals surface area contributed by atoms with Gasteiger partial charge in [0.1, 0.15) is 16.9 Å². The van der Waals surface area contributed by atoms with Gasteiger partial charge in [-0.15, -0.1) is 0 Å². The first kappa shape index (κ1) is 20.1. The summed E-state index contributed by atoms with van der Waals surface area (Å²) >= 11 is 6.33. The maximum absolute atomic E-state index is 12.5. The van der Waals surface area contributed by atoms with Crippen molar-refractivity contribution in [2.45, 2.75) is 26.3 Å². The molecule has 2 rings (SSSR count). The third-order valence-electron chi connectivity index (χ3n) is 4.07. The first-order valence-corrected chi connectivity index (χ1v) is 9.38. The van der Waals surface area contributed by atoms with Crippen LogP contribution in [0.3, 0.4) is 0 Å². The largest absolute Gasteiger partial charge is 0.480 e. The Morgan fingerprint density at radius 2 is 2.00 bits per heavy atom. The SMILES string of the molecule is CCC(C)C(NC(=O)CN1C(=O)/C(=C/c2ccccc2)SC1=S)C(=O)O. The Morgan fingerprint density at radius 3 is 2.58 bits per heavy atom. The standard InChI is InChI=1S/C18H20N2O4S2/c1-3-11(2)15(17(23)24)19-14(21)10-20-16(22)13(26-18(20)25)9-12-7-5-4-6-8-12/h4-9,11,15H,3,10H2,1-2H3,(H,19,21)(H,23,24)/b13-9-. The van der Waals surface area contributed by atoms with Gasteiger partial charge in [-0.1, -0.05) is 74.6 Å². The molecule has 1 aromatic rings. The normalized spacial score (nSPS) is 18.1. The number of hydrogen-bond donors (Lipinski definition) is 2. The number of carboxylic acid groups (broad SMARTS) is 1. The number of aliphatic carboxylic acids is 1. The van der Waals surface area contributed by atoms with Crippen LogP contribution in [-0.2, 0) is 14.4 Å². The molecule has 1 saturated heterocycles. The molecule has 8 heteroatoms. The minimum absolute atomic E-state index is 0.222. The lowest BCUT2D eigenvalue weighted by Crippen LogP contribution is -2.49. The number of nitrogens with one attached hydrogen (secondary N) is 1. The Balaban J connectivity index is 2.06. The summed E-state index contributed by atoms with van der Waals surface area (Å²) in [6.45, 7) is 3.31. The average Bonchev–Trinajstić information content (AvgIpc) is 2.87. The van der Waals surface area contributed by atoms with E-state index in [1.165, 1.54) is 4.90 Å². The van der Waals surface area contributed by atoms with Crippen LogP contribution in [0.4, 0.5) is 0 Å². The molecule has 138 valence electrons. The molecular formula is C18H20N2O4S2. The lowest BCUT2D eigenvalue weighted by atomic mass is 9.99. The number of benzene rings is 1. The van der Waals surface area contributed by atoms with Crippen LogP contribution >= 0.6 is 24.0 Å². The number of nitrogens with zero attached hydrogens (tertiary/aromatic N) is 1. The first-order chi connectivity index (χ1) is 12.3. The van der Waals surface area contributed by atoms with Gasteiger partial charge in [-0.25, -0.2) is 4.79 Å².